The van der Waals surface area contributed by atoms with Crippen LogP contribution in [0.3, 0.4) is 0 Å². The molecule has 1 aliphatic heterocycles. The van der Waals surface area contributed by atoms with Crippen LogP contribution in [-0.2, 0) is 4.74 Å². The molecule has 1 aliphatic rings. The zero-order chi connectivity index (χ0) is 12.6. The van der Waals surface area contributed by atoms with Crippen molar-refractivity contribution in [1.82, 2.24) is 9.55 Å². The predicted molar refractivity (Wildman–Crippen MR) is 61.0 cm³/mol. The number of H-pyrrole nitrogens is 1. The maximum absolute atomic E-state index is 14.3. The van der Waals surface area contributed by atoms with E-state index in [1.807, 2.05) is 0 Å². The van der Waals surface area contributed by atoms with E-state index in [9.17, 15) is 9.18 Å². The van der Waals surface area contributed by atoms with Crippen LogP contribution in [0.4, 0.5) is 4.39 Å². The SMILES string of the molecule is CC1(F)CC(CO)OC1n1ccc(=O)[nH]c1=S. The first kappa shape index (κ1) is 12.4. The monoisotopic (exact) mass is 260 g/mol. The summed E-state index contributed by atoms with van der Waals surface area (Å²) in [4.78, 5) is 13.4. The molecule has 0 radical (unpaired) electrons. The Bertz CT molecular complexity index is 525. The Hall–Kier alpha value is -1.05. The van der Waals surface area contributed by atoms with Gasteiger partial charge in [-0.15, -0.1) is 0 Å². The Balaban J connectivity index is 2.40. The van der Waals surface area contributed by atoms with E-state index in [4.69, 9.17) is 22.1 Å². The van der Waals surface area contributed by atoms with Crippen molar-refractivity contribution in [3.05, 3.63) is 27.4 Å². The predicted octanol–water partition coefficient (Wildman–Crippen LogP) is 0.914. The number of aromatic nitrogens is 2. The first-order chi connectivity index (χ1) is 7.94. The molecule has 3 atom stereocenters. The molecule has 94 valence electrons. The second kappa shape index (κ2) is 4.32. The highest BCUT2D eigenvalue weighted by atomic mass is 32.1. The van der Waals surface area contributed by atoms with Crippen molar-refractivity contribution in [2.75, 3.05) is 6.61 Å². The average Bonchev–Trinajstić information content (AvgIpc) is 2.54. The third kappa shape index (κ3) is 2.31. The van der Waals surface area contributed by atoms with Crippen molar-refractivity contribution < 1.29 is 14.2 Å². The number of aromatic amines is 1. The standard InChI is InChI=1S/C10H13FN2O3S/c1-10(11)4-6(5-14)16-8(10)13-3-2-7(15)12-9(13)17/h2-3,6,8,14H,4-5H2,1H3,(H,12,15,17). The van der Waals surface area contributed by atoms with Crippen LogP contribution in [0.5, 0.6) is 0 Å². The Kier molecular flexibility index (Phi) is 3.15. The fraction of sp³-hybridized carbons (Fsp3) is 0.600. The summed E-state index contributed by atoms with van der Waals surface area (Å²) in [5.41, 5.74) is -1.98. The molecule has 0 amide bonds. The highest BCUT2D eigenvalue weighted by Crippen LogP contribution is 2.40. The topological polar surface area (TPSA) is 67.2 Å². The smallest absolute Gasteiger partial charge is 0.251 e. The van der Waals surface area contributed by atoms with Gasteiger partial charge in [0.15, 0.2) is 16.7 Å². The molecule has 2 heterocycles. The lowest BCUT2D eigenvalue weighted by Crippen LogP contribution is -2.29. The molecule has 17 heavy (non-hydrogen) atoms. The van der Waals surface area contributed by atoms with Crippen LogP contribution in [0.15, 0.2) is 17.1 Å². The maximum Gasteiger partial charge on any atom is 0.251 e. The summed E-state index contributed by atoms with van der Waals surface area (Å²) in [7, 11) is 0. The zero-order valence-corrected chi connectivity index (χ0v) is 10.0. The number of rotatable bonds is 2. The molecular formula is C10H13FN2O3S. The molecule has 3 unspecified atom stereocenters. The minimum Gasteiger partial charge on any atom is -0.394 e. The van der Waals surface area contributed by atoms with Crippen LogP contribution in [0.2, 0.25) is 0 Å². The largest absolute Gasteiger partial charge is 0.394 e. The van der Waals surface area contributed by atoms with Crippen molar-refractivity contribution in [1.29, 1.82) is 0 Å². The number of nitrogens with zero attached hydrogens (tertiary/aromatic N) is 1. The van der Waals surface area contributed by atoms with E-state index in [1.54, 1.807) is 0 Å². The highest BCUT2D eigenvalue weighted by molar-refractivity contribution is 7.71. The van der Waals surface area contributed by atoms with Crippen molar-refractivity contribution in [3.63, 3.8) is 0 Å². The highest BCUT2D eigenvalue weighted by Gasteiger charge is 2.46. The van der Waals surface area contributed by atoms with Gasteiger partial charge in [0, 0.05) is 18.7 Å². The molecule has 0 aromatic carbocycles. The molecule has 0 spiro atoms. The Morgan fingerprint density at radius 3 is 3.06 bits per heavy atom. The molecule has 1 aromatic rings. The molecule has 1 aromatic heterocycles. The van der Waals surface area contributed by atoms with Crippen molar-refractivity contribution in [2.24, 2.45) is 0 Å². The summed E-state index contributed by atoms with van der Waals surface area (Å²) < 4.78 is 21.1. The Labute approximate surface area is 102 Å². The van der Waals surface area contributed by atoms with Gasteiger partial charge in [-0.1, -0.05) is 0 Å². The van der Waals surface area contributed by atoms with E-state index in [0.717, 1.165) is 0 Å². The average molecular weight is 260 g/mol. The lowest BCUT2D eigenvalue weighted by Gasteiger charge is -2.23. The molecule has 0 aliphatic carbocycles. The summed E-state index contributed by atoms with van der Waals surface area (Å²) in [6, 6.07) is 1.25. The third-order valence-corrected chi connectivity index (χ3v) is 3.08. The molecule has 2 N–H and O–H groups in total. The Morgan fingerprint density at radius 1 is 1.82 bits per heavy atom. The number of ether oxygens (including phenoxy) is 1. The van der Waals surface area contributed by atoms with Gasteiger partial charge in [-0.05, 0) is 19.1 Å². The van der Waals surface area contributed by atoms with E-state index in [-0.39, 0.29) is 23.4 Å². The fourth-order valence-corrected chi connectivity index (χ4v) is 2.25. The lowest BCUT2D eigenvalue weighted by atomic mass is 10.0. The van der Waals surface area contributed by atoms with Gasteiger partial charge in [0.25, 0.3) is 5.56 Å². The normalized spacial score (nSPS) is 32.9. The van der Waals surface area contributed by atoms with E-state index >= 15 is 0 Å². The van der Waals surface area contributed by atoms with Crippen LogP contribution in [-0.4, -0.2) is 33.0 Å². The summed E-state index contributed by atoms with van der Waals surface area (Å²) in [6.07, 6.45) is 0.00574. The van der Waals surface area contributed by atoms with E-state index in [1.165, 1.54) is 23.8 Å². The van der Waals surface area contributed by atoms with Crippen LogP contribution < -0.4 is 5.56 Å². The van der Waals surface area contributed by atoms with Gasteiger partial charge < -0.3 is 9.84 Å². The van der Waals surface area contributed by atoms with Crippen molar-refractivity contribution in [3.8, 4) is 0 Å². The fourth-order valence-electron chi connectivity index (χ4n) is 1.99. The van der Waals surface area contributed by atoms with E-state index in [0.29, 0.717) is 0 Å². The molecule has 5 nitrogen and oxygen atoms in total. The molecular weight excluding hydrogens is 247 g/mol. The molecule has 2 rings (SSSR count). The number of hydrogen-bond acceptors (Lipinski definition) is 4. The van der Waals surface area contributed by atoms with Gasteiger partial charge in [0.1, 0.15) is 0 Å². The Morgan fingerprint density at radius 2 is 2.53 bits per heavy atom. The maximum atomic E-state index is 14.3. The van der Waals surface area contributed by atoms with Crippen LogP contribution >= 0.6 is 12.2 Å². The van der Waals surface area contributed by atoms with Crippen molar-refractivity contribution >= 4 is 12.2 Å². The second-order valence-corrected chi connectivity index (χ2v) is 4.68. The number of nitrogens with one attached hydrogen (secondary N) is 1. The van der Waals surface area contributed by atoms with Crippen LogP contribution in [0.25, 0.3) is 0 Å². The zero-order valence-electron chi connectivity index (χ0n) is 9.22. The van der Waals surface area contributed by atoms with Crippen LogP contribution in [0.1, 0.15) is 19.6 Å². The number of halogens is 1. The number of aliphatic hydroxyl groups is 1. The van der Waals surface area contributed by atoms with E-state index < -0.39 is 18.0 Å². The van der Waals surface area contributed by atoms with Gasteiger partial charge in [0.2, 0.25) is 0 Å². The van der Waals surface area contributed by atoms with Gasteiger partial charge in [-0.25, -0.2) is 4.39 Å². The lowest BCUT2D eigenvalue weighted by molar-refractivity contribution is -0.0600. The van der Waals surface area contributed by atoms with Crippen LogP contribution in [0, 0.1) is 4.77 Å². The summed E-state index contributed by atoms with van der Waals surface area (Å²) in [6.45, 7) is 1.15. The number of aliphatic hydroxyl groups excluding tert-OH is 1. The first-order valence-corrected chi connectivity index (χ1v) is 5.61. The second-order valence-electron chi connectivity index (χ2n) is 4.29. The van der Waals surface area contributed by atoms with Gasteiger partial charge >= 0.3 is 0 Å². The summed E-state index contributed by atoms with van der Waals surface area (Å²) in [5.74, 6) is 0. The third-order valence-electron chi connectivity index (χ3n) is 2.77. The first-order valence-electron chi connectivity index (χ1n) is 5.21. The van der Waals surface area contributed by atoms with Gasteiger partial charge in [0.05, 0.1) is 12.7 Å². The number of alkyl halides is 1. The quantitative estimate of drug-likeness (QED) is 0.776. The molecule has 0 saturated carbocycles. The minimum atomic E-state index is -1.64. The van der Waals surface area contributed by atoms with E-state index in [2.05, 4.69) is 4.98 Å². The van der Waals surface area contributed by atoms with Gasteiger partial charge in [-0.3, -0.25) is 14.3 Å². The minimum absolute atomic E-state index is 0.0923. The number of hydrogen-bond donors (Lipinski definition) is 2. The molecule has 1 saturated heterocycles. The molecule has 7 heteroatoms. The summed E-state index contributed by atoms with van der Waals surface area (Å²) in [5, 5.41) is 8.99. The van der Waals surface area contributed by atoms with Gasteiger partial charge in [-0.2, -0.15) is 0 Å². The van der Waals surface area contributed by atoms with Crippen molar-refractivity contribution in [2.45, 2.75) is 31.3 Å². The molecule has 1 fully saturated rings. The summed E-state index contributed by atoms with van der Waals surface area (Å²) >= 11 is 4.95. The molecule has 0 bridgehead atoms.